The van der Waals surface area contributed by atoms with Crippen molar-refractivity contribution in [2.75, 3.05) is 39.0 Å². The van der Waals surface area contributed by atoms with E-state index in [-0.39, 0.29) is 28.5 Å². The molecular formula is C22H23N3O6S. The number of carbonyl (C=O) groups is 3. The molecule has 1 heterocycles. The molecule has 9 nitrogen and oxygen atoms in total. The molecule has 0 aliphatic rings. The molecule has 3 aromatic rings. The van der Waals surface area contributed by atoms with Crippen LogP contribution in [0, 0.1) is 0 Å². The van der Waals surface area contributed by atoms with E-state index in [1.165, 1.54) is 44.2 Å². The van der Waals surface area contributed by atoms with Gasteiger partial charge in [0.2, 0.25) is 5.91 Å². The molecular weight excluding hydrogens is 434 g/mol. The number of nitrogens with zero attached hydrogens (tertiary/aromatic N) is 2. The molecule has 0 unspecified atom stereocenters. The summed E-state index contributed by atoms with van der Waals surface area (Å²) in [6.07, 6.45) is 0. The molecule has 1 aromatic heterocycles. The van der Waals surface area contributed by atoms with Gasteiger partial charge in [0.15, 0.2) is 5.16 Å². The zero-order valence-corrected chi connectivity index (χ0v) is 18.7. The molecule has 0 spiro atoms. The van der Waals surface area contributed by atoms with Crippen LogP contribution in [0.4, 0.5) is 5.69 Å². The van der Waals surface area contributed by atoms with Crippen molar-refractivity contribution in [3.05, 3.63) is 53.6 Å². The first-order valence-corrected chi connectivity index (χ1v) is 10.6. The normalized spacial score (nSPS) is 10.7. The molecule has 0 fully saturated rings. The molecule has 0 aliphatic carbocycles. The number of fused-ring (bicyclic) bond motifs is 1. The van der Waals surface area contributed by atoms with Crippen LogP contribution in [0.3, 0.4) is 0 Å². The lowest BCUT2D eigenvalue weighted by Gasteiger charge is -2.10. The number of imidazole rings is 1. The maximum atomic E-state index is 12.6. The molecule has 0 atom stereocenters. The van der Waals surface area contributed by atoms with Gasteiger partial charge < -0.3 is 24.1 Å². The second-order valence-electron chi connectivity index (χ2n) is 6.65. The summed E-state index contributed by atoms with van der Waals surface area (Å²) in [4.78, 5) is 41.1. The van der Waals surface area contributed by atoms with Gasteiger partial charge in [-0.25, -0.2) is 14.6 Å². The van der Waals surface area contributed by atoms with Crippen LogP contribution in [0.5, 0.6) is 0 Å². The van der Waals surface area contributed by atoms with Gasteiger partial charge in [0, 0.05) is 19.3 Å². The van der Waals surface area contributed by atoms with Gasteiger partial charge in [0.25, 0.3) is 0 Å². The van der Waals surface area contributed by atoms with Crippen LogP contribution in [0.15, 0.2) is 47.6 Å². The van der Waals surface area contributed by atoms with Crippen LogP contribution in [0.1, 0.15) is 20.7 Å². The van der Waals surface area contributed by atoms with E-state index in [0.717, 1.165) is 11.0 Å². The van der Waals surface area contributed by atoms with E-state index < -0.39 is 11.9 Å². The van der Waals surface area contributed by atoms with E-state index >= 15 is 0 Å². The molecule has 0 saturated carbocycles. The van der Waals surface area contributed by atoms with E-state index in [1.54, 1.807) is 7.11 Å². The maximum absolute atomic E-state index is 12.6. The van der Waals surface area contributed by atoms with Gasteiger partial charge in [0.1, 0.15) is 0 Å². The summed E-state index contributed by atoms with van der Waals surface area (Å²) < 4.78 is 16.6. The second kappa shape index (κ2) is 10.8. The van der Waals surface area contributed by atoms with Crippen molar-refractivity contribution in [3.63, 3.8) is 0 Å². The minimum Gasteiger partial charge on any atom is -0.465 e. The third kappa shape index (κ3) is 5.45. The molecule has 0 bridgehead atoms. The Morgan fingerprint density at radius 3 is 2.28 bits per heavy atom. The van der Waals surface area contributed by atoms with Gasteiger partial charge in [-0.1, -0.05) is 23.9 Å². The predicted molar refractivity (Wildman–Crippen MR) is 120 cm³/mol. The topological polar surface area (TPSA) is 109 Å². The molecule has 1 amide bonds. The van der Waals surface area contributed by atoms with Crippen LogP contribution in [-0.2, 0) is 25.5 Å². The fraction of sp³-hybridized carbons (Fsp3) is 0.273. The number of thioether (sulfide) groups is 1. The lowest BCUT2D eigenvalue weighted by atomic mass is 10.1. The van der Waals surface area contributed by atoms with E-state index in [9.17, 15) is 14.4 Å². The Labute approximate surface area is 189 Å². The van der Waals surface area contributed by atoms with Gasteiger partial charge in [-0.2, -0.15) is 0 Å². The van der Waals surface area contributed by atoms with Crippen molar-refractivity contribution in [3.8, 4) is 0 Å². The first kappa shape index (κ1) is 23.3. The number of aromatic nitrogens is 2. The highest BCUT2D eigenvalue weighted by atomic mass is 32.2. The summed E-state index contributed by atoms with van der Waals surface area (Å²) >= 11 is 1.28. The first-order valence-electron chi connectivity index (χ1n) is 9.65. The Balaban J connectivity index is 1.76. The highest BCUT2D eigenvalue weighted by Crippen LogP contribution is 2.24. The third-order valence-electron chi connectivity index (χ3n) is 4.53. The molecule has 0 radical (unpaired) electrons. The number of benzene rings is 2. The minimum atomic E-state index is -0.632. The molecule has 168 valence electrons. The van der Waals surface area contributed by atoms with Crippen molar-refractivity contribution < 1.29 is 28.6 Å². The highest BCUT2D eigenvalue weighted by Gasteiger charge is 2.16. The number of nitrogens with one attached hydrogen (secondary N) is 1. The summed E-state index contributed by atoms with van der Waals surface area (Å²) in [7, 11) is 4.10. The van der Waals surface area contributed by atoms with Crippen LogP contribution < -0.4 is 5.32 Å². The average molecular weight is 458 g/mol. The smallest absolute Gasteiger partial charge is 0.337 e. The Hall–Kier alpha value is -3.37. The van der Waals surface area contributed by atoms with Crippen LogP contribution in [0.2, 0.25) is 0 Å². The van der Waals surface area contributed by atoms with Crippen molar-refractivity contribution in [1.29, 1.82) is 0 Å². The van der Waals surface area contributed by atoms with Crippen LogP contribution in [-0.4, -0.2) is 61.1 Å². The van der Waals surface area contributed by atoms with Gasteiger partial charge in [-0.05, 0) is 30.3 Å². The van der Waals surface area contributed by atoms with Crippen molar-refractivity contribution >= 4 is 46.3 Å². The highest BCUT2D eigenvalue weighted by molar-refractivity contribution is 7.99. The van der Waals surface area contributed by atoms with Gasteiger partial charge in [-0.15, -0.1) is 0 Å². The quantitative estimate of drug-likeness (QED) is 0.386. The number of rotatable bonds is 9. The monoisotopic (exact) mass is 457 g/mol. The largest absolute Gasteiger partial charge is 0.465 e. The lowest BCUT2D eigenvalue weighted by molar-refractivity contribution is -0.113. The Bertz CT molecular complexity index is 1110. The molecule has 3 rings (SSSR count). The van der Waals surface area contributed by atoms with E-state index in [0.29, 0.717) is 18.3 Å². The predicted octanol–water partition coefficient (Wildman–Crippen LogP) is 2.99. The van der Waals surface area contributed by atoms with Gasteiger partial charge >= 0.3 is 11.9 Å². The fourth-order valence-corrected chi connectivity index (χ4v) is 3.90. The van der Waals surface area contributed by atoms with E-state index in [4.69, 9.17) is 14.2 Å². The molecule has 32 heavy (non-hydrogen) atoms. The van der Waals surface area contributed by atoms with Crippen molar-refractivity contribution in [2.45, 2.75) is 11.7 Å². The third-order valence-corrected chi connectivity index (χ3v) is 5.51. The minimum absolute atomic E-state index is 0.0757. The molecule has 0 saturated heterocycles. The second-order valence-corrected chi connectivity index (χ2v) is 7.59. The zero-order chi connectivity index (χ0) is 23.1. The number of hydrogen-bond donors (Lipinski definition) is 1. The molecule has 10 heteroatoms. The van der Waals surface area contributed by atoms with E-state index in [1.807, 2.05) is 28.8 Å². The number of methoxy groups -OCH3 is 3. The Morgan fingerprint density at radius 1 is 1.00 bits per heavy atom. The maximum Gasteiger partial charge on any atom is 0.337 e. The number of hydrogen-bond acceptors (Lipinski definition) is 8. The van der Waals surface area contributed by atoms with Crippen LogP contribution in [0.25, 0.3) is 11.0 Å². The fourth-order valence-electron chi connectivity index (χ4n) is 3.06. The number of carbonyl (C=O) groups excluding carboxylic acids is 3. The molecule has 1 N–H and O–H groups in total. The van der Waals surface area contributed by atoms with Gasteiger partial charge in [0.05, 0.1) is 48.7 Å². The standard InChI is InChI=1S/C22H23N3O6S/c1-29-9-8-25-18-7-5-4-6-17(18)24-22(25)32-13-19(26)23-16-11-14(20(27)30-2)10-15(12-16)21(28)31-3/h4-7,10-12H,8-9,13H2,1-3H3,(H,23,26). The molecule has 0 aliphatic heterocycles. The molecule has 2 aromatic carbocycles. The number of anilines is 1. The van der Waals surface area contributed by atoms with Crippen molar-refractivity contribution in [1.82, 2.24) is 9.55 Å². The number of para-hydroxylation sites is 2. The summed E-state index contributed by atoms with van der Waals surface area (Å²) in [5.41, 5.74) is 2.33. The average Bonchev–Trinajstić information content (AvgIpc) is 3.17. The van der Waals surface area contributed by atoms with E-state index in [2.05, 4.69) is 10.3 Å². The van der Waals surface area contributed by atoms with Crippen LogP contribution >= 0.6 is 11.8 Å². The lowest BCUT2D eigenvalue weighted by Crippen LogP contribution is -2.16. The van der Waals surface area contributed by atoms with Crippen molar-refractivity contribution in [2.24, 2.45) is 0 Å². The number of ether oxygens (including phenoxy) is 3. The Kier molecular flexibility index (Phi) is 7.85. The SMILES string of the molecule is COCCn1c(SCC(=O)Nc2cc(C(=O)OC)cc(C(=O)OC)c2)nc2ccccc21. The zero-order valence-electron chi connectivity index (χ0n) is 17.9. The summed E-state index contributed by atoms with van der Waals surface area (Å²) in [5.74, 6) is -1.51. The summed E-state index contributed by atoms with van der Waals surface area (Å²) in [6.45, 7) is 1.11. The first-order chi connectivity index (χ1) is 15.5. The van der Waals surface area contributed by atoms with Gasteiger partial charge in [-0.3, -0.25) is 4.79 Å². The summed E-state index contributed by atoms with van der Waals surface area (Å²) in [6, 6.07) is 11.9. The summed E-state index contributed by atoms with van der Waals surface area (Å²) in [5, 5.41) is 3.40. The number of esters is 2. The Morgan fingerprint density at radius 2 is 1.66 bits per heavy atom. The number of amides is 1.